The van der Waals surface area contributed by atoms with E-state index in [4.69, 9.17) is 15.7 Å². The Morgan fingerprint density at radius 1 is 1.71 bits per heavy atom. The second-order valence-electron chi connectivity index (χ2n) is 4.29. The molecule has 0 spiro atoms. The van der Waals surface area contributed by atoms with Crippen molar-refractivity contribution in [1.29, 1.82) is 5.26 Å². The van der Waals surface area contributed by atoms with E-state index in [2.05, 4.69) is 21.9 Å². The van der Waals surface area contributed by atoms with E-state index in [1.54, 1.807) is 0 Å². The molecule has 0 aromatic carbocycles. The first kappa shape index (κ1) is 11.6. The Kier molecular flexibility index (Phi) is 3.40. The molecule has 90 valence electrons. The molecule has 1 aliphatic heterocycles. The highest BCUT2D eigenvalue weighted by molar-refractivity contribution is 5.37. The van der Waals surface area contributed by atoms with E-state index < -0.39 is 0 Å². The van der Waals surface area contributed by atoms with E-state index in [1.807, 2.05) is 6.07 Å². The molecule has 2 rings (SSSR count). The van der Waals surface area contributed by atoms with E-state index in [0.717, 1.165) is 19.5 Å². The number of nitriles is 1. The molecule has 1 atom stereocenters. The zero-order valence-electron chi connectivity index (χ0n) is 9.76. The third kappa shape index (κ3) is 2.82. The first-order chi connectivity index (χ1) is 8.19. The standard InChI is InChI=1S/C11H15N5O/c1-16-3-2-8(6-16)7-17-11-9(4-12)14-5-10(13)15-11/h5,8H,2-3,6-7H2,1H3,(H2,13,15). The lowest BCUT2D eigenvalue weighted by atomic mass is 10.1. The first-order valence-corrected chi connectivity index (χ1v) is 5.53. The molecule has 1 aromatic rings. The van der Waals surface area contributed by atoms with Crippen molar-refractivity contribution in [2.75, 3.05) is 32.5 Å². The maximum absolute atomic E-state index is 8.86. The molecule has 6 heteroatoms. The number of nitrogens with two attached hydrogens (primary N) is 1. The van der Waals surface area contributed by atoms with Crippen molar-refractivity contribution in [3.63, 3.8) is 0 Å². The maximum atomic E-state index is 8.86. The number of rotatable bonds is 3. The molecule has 1 aliphatic rings. The summed E-state index contributed by atoms with van der Waals surface area (Å²) in [5, 5.41) is 8.86. The van der Waals surface area contributed by atoms with E-state index in [-0.39, 0.29) is 17.4 Å². The van der Waals surface area contributed by atoms with Gasteiger partial charge in [-0.1, -0.05) is 0 Å². The average Bonchev–Trinajstić information content (AvgIpc) is 2.73. The van der Waals surface area contributed by atoms with Crippen molar-refractivity contribution < 1.29 is 4.74 Å². The molecule has 0 saturated carbocycles. The average molecular weight is 233 g/mol. The Bertz CT molecular complexity index is 442. The SMILES string of the molecule is CN1CCC(COc2nc(N)cnc2C#N)C1. The summed E-state index contributed by atoms with van der Waals surface area (Å²) in [6.45, 7) is 2.65. The van der Waals surface area contributed by atoms with Crippen molar-refractivity contribution in [2.45, 2.75) is 6.42 Å². The largest absolute Gasteiger partial charge is 0.475 e. The highest BCUT2D eigenvalue weighted by Gasteiger charge is 2.20. The molecule has 0 amide bonds. The fraction of sp³-hybridized carbons (Fsp3) is 0.545. The van der Waals surface area contributed by atoms with Gasteiger partial charge in [0.2, 0.25) is 5.69 Å². The number of aromatic nitrogens is 2. The lowest BCUT2D eigenvalue weighted by Crippen LogP contribution is -2.18. The number of hydrogen-bond acceptors (Lipinski definition) is 6. The summed E-state index contributed by atoms with van der Waals surface area (Å²) in [6.07, 6.45) is 2.46. The second kappa shape index (κ2) is 4.97. The molecule has 1 unspecified atom stereocenters. The van der Waals surface area contributed by atoms with Crippen LogP contribution in [0.1, 0.15) is 12.1 Å². The molecule has 2 N–H and O–H groups in total. The van der Waals surface area contributed by atoms with Crippen LogP contribution in [0.3, 0.4) is 0 Å². The van der Waals surface area contributed by atoms with Crippen LogP contribution in [0, 0.1) is 17.2 Å². The van der Waals surface area contributed by atoms with Crippen molar-refractivity contribution in [3.8, 4) is 11.9 Å². The summed E-state index contributed by atoms with van der Waals surface area (Å²) in [5.74, 6) is 0.986. The van der Waals surface area contributed by atoms with Crippen LogP contribution in [0.5, 0.6) is 5.88 Å². The van der Waals surface area contributed by atoms with Gasteiger partial charge in [0.05, 0.1) is 12.8 Å². The number of ether oxygens (including phenoxy) is 1. The van der Waals surface area contributed by atoms with Gasteiger partial charge >= 0.3 is 0 Å². The van der Waals surface area contributed by atoms with Crippen molar-refractivity contribution in [1.82, 2.24) is 14.9 Å². The minimum Gasteiger partial charge on any atom is -0.475 e. The number of likely N-dealkylation sites (tertiary alicyclic amines) is 1. The Morgan fingerprint density at radius 3 is 3.18 bits per heavy atom. The van der Waals surface area contributed by atoms with Gasteiger partial charge in [-0.3, -0.25) is 0 Å². The molecular formula is C11H15N5O. The predicted octanol–water partition coefficient (Wildman–Crippen LogP) is 0.261. The zero-order valence-corrected chi connectivity index (χ0v) is 9.76. The molecule has 0 radical (unpaired) electrons. The minimum atomic E-state index is 0.186. The van der Waals surface area contributed by atoms with Crippen LogP contribution in [-0.4, -0.2) is 41.6 Å². The monoisotopic (exact) mass is 233 g/mol. The van der Waals surface area contributed by atoms with Crippen LogP contribution in [0.25, 0.3) is 0 Å². The minimum absolute atomic E-state index is 0.186. The van der Waals surface area contributed by atoms with Crippen LogP contribution in [0.15, 0.2) is 6.20 Å². The second-order valence-corrected chi connectivity index (χ2v) is 4.29. The Hall–Kier alpha value is -1.87. The quantitative estimate of drug-likeness (QED) is 0.805. The summed E-state index contributed by atoms with van der Waals surface area (Å²) in [6, 6.07) is 1.94. The van der Waals surface area contributed by atoms with Gasteiger partial charge in [0.15, 0.2) is 0 Å². The van der Waals surface area contributed by atoms with Crippen molar-refractivity contribution in [3.05, 3.63) is 11.9 Å². The molecule has 0 aliphatic carbocycles. The van der Waals surface area contributed by atoms with E-state index >= 15 is 0 Å². The lowest BCUT2D eigenvalue weighted by Gasteiger charge is -2.12. The van der Waals surface area contributed by atoms with Gasteiger partial charge in [-0.05, 0) is 20.0 Å². The number of nitrogen functional groups attached to an aromatic ring is 1. The van der Waals surface area contributed by atoms with Crippen LogP contribution in [0.4, 0.5) is 5.82 Å². The molecule has 1 saturated heterocycles. The first-order valence-electron chi connectivity index (χ1n) is 5.53. The van der Waals surface area contributed by atoms with Crippen LogP contribution in [0.2, 0.25) is 0 Å². The third-order valence-electron chi connectivity index (χ3n) is 2.81. The van der Waals surface area contributed by atoms with E-state index in [0.29, 0.717) is 12.5 Å². The highest BCUT2D eigenvalue weighted by Crippen LogP contribution is 2.18. The van der Waals surface area contributed by atoms with E-state index in [1.165, 1.54) is 6.20 Å². The van der Waals surface area contributed by atoms with E-state index in [9.17, 15) is 0 Å². The van der Waals surface area contributed by atoms with Gasteiger partial charge < -0.3 is 15.4 Å². The van der Waals surface area contributed by atoms with Crippen LogP contribution < -0.4 is 10.5 Å². The lowest BCUT2D eigenvalue weighted by molar-refractivity contribution is 0.240. The van der Waals surface area contributed by atoms with Crippen LogP contribution in [-0.2, 0) is 0 Å². The smallest absolute Gasteiger partial charge is 0.253 e. The summed E-state index contributed by atoms with van der Waals surface area (Å²) in [7, 11) is 2.08. The molecule has 2 heterocycles. The summed E-state index contributed by atoms with van der Waals surface area (Å²) in [4.78, 5) is 10.1. The van der Waals surface area contributed by atoms with Gasteiger partial charge in [0.1, 0.15) is 11.9 Å². The molecule has 0 bridgehead atoms. The van der Waals surface area contributed by atoms with Crippen molar-refractivity contribution in [2.24, 2.45) is 5.92 Å². The molecule has 6 nitrogen and oxygen atoms in total. The Labute approximate surface area is 100 Å². The number of nitrogens with zero attached hydrogens (tertiary/aromatic N) is 4. The van der Waals surface area contributed by atoms with Gasteiger partial charge in [0, 0.05) is 12.5 Å². The summed E-state index contributed by atoms with van der Waals surface area (Å²) >= 11 is 0. The fourth-order valence-electron chi connectivity index (χ4n) is 1.92. The highest BCUT2D eigenvalue weighted by atomic mass is 16.5. The van der Waals surface area contributed by atoms with Gasteiger partial charge in [-0.25, -0.2) is 4.98 Å². The summed E-state index contributed by atoms with van der Waals surface area (Å²) < 4.78 is 5.54. The predicted molar refractivity (Wildman–Crippen MR) is 62.3 cm³/mol. The zero-order chi connectivity index (χ0) is 12.3. The normalized spacial score (nSPS) is 20.1. The Balaban J connectivity index is 1.99. The van der Waals surface area contributed by atoms with Crippen molar-refractivity contribution >= 4 is 5.82 Å². The Morgan fingerprint density at radius 2 is 2.53 bits per heavy atom. The summed E-state index contributed by atoms with van der Waals surface area (Å²) in [5.41, 5.74) is 5.70. The maximum Gasteiger partial charge on any atom is 0.253 e. The third-order valence-corrected chi connectivity index (χ3v) is 2.81. The fourth-order valence-corrected chi connectivity index (χ4v) is 1.92. The number of hydrogen-bond donors (Lipinski definition) is 1. The van der Waals surface area contributed by atoms with Gasteiger partial charge in [-0.15, -0.1) is 0 Å². The molecule has 1 fully saturated rings. The number of anilines is 1. The topological polar surface area (TPSA) is 88.1 Å². The molecular weight excluding hydrogens is 218 g/mol. The van der Waals surface area contributed by atoms with Gasteiger partial charge in [-0.2, -0.15) is 10.2 Å². The van der Waals surface area contributed by atoms with Crippen LogP contribution >= 0.6 is 0 Å². The molecule has 17 heavy (non-hydrogen) atoms. The molecule has 1 aromatic heterocycles. The van der Waals surface area contributed by atoms with Gasteiger partial charge in [0.25, 0.3) is 5.88 Å².